The van der Waals surface area contributed by atoms with Gasteiger partial charge < -0.3 is 19.8 Å². The van der Waals surface area contributed by atoms with Gasteiger partial charge in [0.2, 0.25) is 0 Å². The number of carbonyl (C=O) groups is 2. The highest BCUT2D eigenvalue weighted by Crippen LogP contribution is 2.34. The van der Waals surface area contributed by atoms with E-state index in [0.29, 0.717) is 26.1 Å². The summed E-state index contributed by atoms with van der Waals surface area (Å²) in [7, 11) is 0. The molecule has 0 bridgehead atoms. The van der Waals surface area contributed by atoms with E-state index in [0.717, 1.165) is 0 Å². The van der Waals surface area contributed by atoms with Gasteiger partial charge in [0.15, 0.2) is 0 Å². The topological polar surface area (TPSA) is 90.3 Å². The van der Waals surface area contributed by atoms with Gasteiger partial charge in [-0.2, -0.15) is 0 Å². The molecule has 2 aliphatic heterocycles. The number of hydrogen-bond donors (Lipinski definition) is 2. The molecule has 1 atom stereocenters. The Morgan fingerprint density at radius 1 is 1.32 bits per heavy atom. The number of ether oxygens (including phenoxy) is 1. The highest BCUT2D eigenvalue weighted by atomic mass is 16.6. The third-order valence-corrected chi connectivity index (χ3v) is 4.52. The number of nitrogens with zero attached hydrogens (tertiary/aromatic N) is 2. The summed E-state index contributed by atoms with van der Waals surface area (Å²) in [4.78, 5) is 27.6. The van der Waals surface area contributed by atoms with Gasteiger partial charge in [-0.05, 0) is 18.6 Å². The fourth-order valence-corrected chi connectivity index (χ4v) is 3.14. The zero-order valence-corrected chi connectivity index (χ0v) is 12.3. The third kappa shape index (κ3) is 2.04. The molecule has 2 heterocycles. The monoisotopic (exact) mass is 306 g/mol. The first-order chi connectivity index (χ1) is 10.5. The minimum absolute atomic E-state index is 0.104. The smallest absolute Gasteiger partial charge is 0.410 e. The number of cyclic esters (lactones) is 1. The van der Waals surface area contributed by atoms with Crippen molar-refractivity contribution < 1.29 is 24.5 Å². The maximum Gasteiger partial charge on any atom is 0.410 e. The summed E-state index contributed by atoms with van der Waals surface area (Å²) in [5, 5.41) is 19.7. The van der Waals surface area contributed by atoms with Crippen LogP contribution in [0.25, 0.3) is 0 Å². The Kier molecular flexibility index (Phi) is 3.35. The summed E-state index contributed by atoms with van der Waals surface area (Å²) in [6.45, 7) is 3.23. The van der Waals surface area contributed by atoms with Gasteiger partial charge in [-0.25, -0.2) is 4.79 Å². The summed E-state index contributed by atoms with van der Waals surface area (Å²) in [5.41, 5.74) is -0.627. The van der Waals surface area contributed by atoms with Crippen molar-refractivity contribution in [1.82, 2.24) is 9.80 Å². The van der Waals surface area contributed by atoms with Gasteiger partial charge in [-0.3, -0.25) is 9.69 Å². The molecule has 22 heavy (non-hydrogen) atoms. The van der Waals surface area contributed by atoms with E-state index in [1.807, 2.05) is 6.92 Å². The number of benzene rings is 1. The van der Waals surface area contributed by atoms with Gasteiger partial charge in [0.1, 0.15) is 23.7 Å². The molecule has 1 unspecified atom stereocenters. The molecule has 0 radical (unpaired) electrons. The van der Waals surface area contributed by atoms with Crippen molar-refractivity contribution in [2.45, 2.75) is 18.9 Å². The van der Waals surface area contributed by atoms with E-state index in [4.69, 9.17) is 4.74 Å². The number of amides is 2. The first-order valence-electron chi connectivity index (χ1n) is 7.23. The molecule has 1 aromatic carbocycles. The number of carbonyl (C=O) groups excluding carboxylic acids is 2. The Labute approximate surface area is 127 Å². The quantitative estimate of drug-likeness (QED) is 0.855. The molecule has 2 saturated heterocycles. The van der Waals surface area contributed by atoms with E-state index in [1.54, 1.807) is 9.80 Å². The second-order valence-corrected chi connectivity index (χ2v) is 5.68. The molecule has 2 amide bonds. The Bertz CT molecular complexity index is 612. The van der Waals surface area contributed by atoms with E-state index < -0.39 is 11.4 Å². The second-order valence-electron chi connectivity index (χ2n) is 5.68. The van der Waals surface area contributed by atoms with Crippen molar-refractivity contribution in [3.05, 3.63) is 23.8 Å². The SMILES string of the molecule is CCC12COC(=O)N1CCN(C(=O)c1c(O)cccc1O)C2. The van der Waals surface area contributed by atoms with E-state index in [-0.39, 0.29) is 29.8 Å². The normalized spacial score (nSPS) is 24.1. The average molecular weight is 306 g/mol. The maximum absolute atomic E-state index is 12.6. The third-order valence-electron chi connectivity index (χ3n) is 4.52. The summed E-state index contributed by atoms with van der Waals surface area (Å²) in [5.74, 6) is -0.948. The van der Waals surface area contributed by atoms with Crippen LogP contribution in [-0.4, -0.2) is 63.8 Å². The van der Waals surface area contributed by atoms with Crippen molar-refractivity contribution in [2.75, 3.05) is 26.2 Å². The predicted molar refractivity (Wildman–Crippen MR) is 76.8 cm³/mol. The number of hydrogen-bond acceptors (Lipinski definition) is 5. The number of piperazine rings is 1. The summed E-state index contributed by atoms with van der Waals surface area (Å²) in [6, 6.07) is 4.19. The molecule has 2 N–H and O–H groups in total. The van der Waals surface area contributed by atoms with Gasteiger partial charge in [0.05, 0.1) is 5.54 Å². The lowest BCUT2D eigenvalue weighted by Crippen LogP contribution is -2.62. The lowest BCUT2D eigenvalue weighted by Gasteiger charge is -2.44. The van der Waals surface area contributed by atoms with E-state index in [9.17, 15) is 19.8 Å². The number of aromatic hydroxyl groups is 2. The number of rotatable bonds is 2. The minimum Gasteiger partial charge on any atom is -0.507 e. The van der Waals surface area contributed by atoms with Crippen LogP contribution in [0.4, 0.5) is 4.79 Å². The molecule has 0 spiro atoms. The Morgan fingerprint density at radius 2 is 2.00 bits per heavy atom. The molecule has 0 aliphatic carbocycles. The molecule has 3 rings (SSSR count). The largest absolute Gasteiger partial charge is 0.507 e. The van der Waals surface area contributed by atoms with Crippen LogP contribution in [0.2, 0.25) is 0 Å². The van der Waals surface area contributed by atoms with Crippen molar-refractivity contribution in [3.63, 3.8) is 0 Å². The van der Waals surface area contributed by atoms with Crippen molar-refractivity contribution in [1.29, 1.82) is 0 Å². The molecular weight excluding hydrogens is 288 g/mol. The highest BCUT2D eigenvalue weighted by molar-refractivity contribution is 5.99. The lowest BCUT2D eigenvalue weighted by atomic mass is 9.92. The maximum atomic E-state index is 12.6. The minimum atomic E-state index is -0.523. The van der Waals surface area contributed by atoms with Crippen molar-refractivity contribution in [3.8, 4) is 11.5 Å². The van der Waals surface area contributed by atoms with E-state index in [1.165, 1.54) is 18.2 Å². The van der Waals surface area contributed by atoms with Crippen molar-refractivity contribution >= 4 is 12.0 Å². The highest BCUT2D eigenvalue weighted by Gasteiger charge is 2.50. The number of phenolic OH excluding ortho intramolecular Hbond substituents is 2. The standard InChI is InChI=1S/C15H18N2O5/c1-2-15-8-16(6-7-17(15)14(21)22-9-15)13(20)12-10(18)4-3-5-11(12)19/h3-5,18-19H,2,6-9H2,1H3. The first-order valence-corrected chi connectivity index (χ1v) is 7.23. The molecule has 2 fully saturated rings. The summed E-state index contributed by atoms with van der Waals surface area (Å²) in [6.07, 6.45) is 0.314. The number of phenols is 2. The van der Waals surface area contributed by atoms with Crippen molar-refractivity contribution in [2.24, 2.45) is 0 Å². The van der Waals surface area contributed by atoms with E-state index in [2.05, 4.69) is 0 Å². The average Bonchev–Trinajstić information content (AvgIpc) is 2.84. The fraction of sp³-hybridized carbons (Fsp3) is 0.467. The molecule has 0 aromatic heterocycles. The van der Waals surface area contributed by atoms with Crippen LogP contribution >= 0.6 is 0 Å². The van der Waals surface area contributed by atoms with E-state index >= 15 is 0 Å². The second kappa shape index (κ2) is 5.08. The van der Waals surface area contributed by atoms with Crippen LogP contribution in [0, 0.1) is 0 Å². The molecular formula is C15H18N2O5. The van der Waals surface area contributed by atoms with Crippen LogP contribution in [0.1, 0.15) is 23.7 Å². The molecule has 0 saturated carbocycles. The van der Waals surface area contributed by atoms with Crippen LogP contribution in [-0.2, 0) is 4.74 Å². The van der Waals surface area contributed by atoms with Crippen LogP contribution in [0.15, 0.2) is 18.2 Å². The summed E-state index contributed by atoms with van der Waals surface area (Å²) >= 11 is 0. The Balaban J connectivity index is 1.88. The Morgan fingerprint density at radius 3 is 2.64 bits per heavy atom. The van der Waals surface area contributed by atoms with Gasteiger partial charge >= 0.3 is 6.09 Å². The molecule has 2 aliphatic rings. The predicted octanol–water partition coefficient (Wildman–Crippen LogP) is 1.15. The zero-order chi connectivity index (χ0) is 15.9. The van der Waals surface area contributed by atoms with Crippen LogP contribution in [0.3, 0.4) is 0 Å². The fourth-order valence-electron chi connectivity index (χ4n) is 3.14. The Hall–Kier alpha value is -2.44. The number of fused-ring (bicyclic) bond motifs is 1. The lowest BCUT2D eigenvalue weighted by molar-refractivity contribution is 0.0357. The van der Waals surface area contributed by atoms with Gasteiger partial charge in [-0.1, -0.05) is 13.0 Å². The van der Waals surface area contributed by atoms with Crippen LogP contribution < -0.4 is 0 Å². The van der Waals surface area contributed by atoms with Gasteiger partial charge in [0, 0.05) is 19.6 Å². The van der Waals surface area contributed by atoms with Gasteiger partial charge in [-0.15, -0.1) is 0 Å². The molecule has 7 heteroatoms. The van der Waals surface area contributed by atoms with Crippen LogP contribution in [0.5, 0.6) is 11.5 Å². The first kappa shape index (κ1) is 14.5. The molecule has 1 aromatic rings. The molecule has 7 nitrogen and oxygen atoms in total. The summed E-state index contributed by atoms with van der Waals surface area (Å²) < 4.78 is 5.13. The molecule has 118 valence electrons. The van der Waals surface area contributed by atoms with Gasteiger partial charge in [0.25, 0.3) is 5.91 Å². The zero-order valence-electron chi connectivity index (χ0n) is 12.3.